The zero-order chi connectivity index (χ0) is 21.4. The molecular formula is C24H32N2O3S. The second-order valence-electron chi connectivity index (χ2n) is 8.14. The molecule has 0 spiro atoms. The maximum absolute atomic E-state index is 13.3. The molecule has 1 aliphatic carbocycles. The minimum absolute atomic E-state index is 0.151. The number of aryl methyl sites for hydroxylation is 1. The molecular weight excluding hydrogens is 396 g/mol. The molecule has 1 amide bonds. The Kier molecular flexibility index (Phi) is 8.05. The van der Waals surface area contributed by atoms with E-state index >= 15 is 0 Å². The minimum Gasteiger partial charge on any atom is -0.352 e. The molecule has 30 heavy (non-hydrogen) atoms. The number of nitrogens with one attached hydrogen (secondary N) is 1. The van der Waals surface area contributed by atoms with Crippen molar-refractivity contribution in [3.8, 4) is 0 Å². The second-order valence-corrected chi connectivity index (χ2v) is 10.1. The Morgan fingerprint density at radius 1 is 0.967 bits per heavy atom. The highest BCUT2D eigenvalue weighted by Crippen LogP contribution is 2.19. The Morgan fingerprint density at radius 3 is 2.23 bits per heavy atom. The van der Waals surface area contributed by atoms with E-state index in [0.29, 0.717) is 6.42 Å². The fourth-order valence-electron chi connectivity index (χ4n) is 3.90. The summed E-state index contributed by atoms with van der Waals surface area (Å²) in [6.07, 6.45) is 7.15. The molecule has 0 bridgehead atoms. The molecule has 0 heterocycles. The highest BCUT2D eigenvalue weighted by Gasteiger charge is 2.27. The van der Waals surface area contributed by atoms with Crippen molar-refractivity contribution in [3.63, 3.8) is 0 Å². The fraction of sp³-hybridized carbons (Fsp3) is 0.458. The van der Waals surface area contributed by atoms with Crippen LogP contribution in [-0.4, -0.2) is 37.8 Å². The maximum atomic E-state index is 13.3. The van der Waals surface area contributed by atoms with Crippen LogP contribution in [0.15, 0.2) is 59.5 Å². The molecule has 0 aromatic heterocycles. The monoisotopic (exact) mass is 428 g/mol. The van der Waals surface area contributed by atoms with Gasteiger partial charge in [-0.1, -0.05) is 73.7 Å². The smallest absolute Gasteiger partial charge is 0.243 e. The summed E-state index contributed by atoms with van der Waals surface area (Å²) in [5.41, 5.74) is 2.04. The number of nitrogens with zero attached hydrogens (tertiary/aromatic N) is 1. The van der Waals surface area contributed by atoms with Crippen molar-refractivity contribution in [1.82, 2.24) is 9.62 Å². The highest BCUT2D eigenvalue weighted by molar-refractivity contribution is 7.89. The average Bonchev–Trinajstić information content (AvgIpc) is 3.00. The first-order valence-corrected chi connectivity index (χ1v) is 12.3. The maximum Gasteiger partial charge on any atom is 0.243 e. The lowest BCUT2D eigenvalue weighted by Crippen LogP contribution is -2.44. The molecule has 1 saturated carbocycles. The second kappa shape index (κ2) is 10.7. The lowest BCUT2D eigenvalue weighted by molar-refractivity contribution is -0.122. The van der Waals surface area contributed by atoms with Crippen LogP contribution in [-0.2, 0) is 21.2 Å². The van der Waals surface area contributed by atoms with E-state index in [9.17, 15) is 13.2 Å². The van der Waals surface area contributed by atoms with Crippen molar-refractivity contribution in [2.24, 2.45) is 0 Å². The lowest BCUT2D eigenvalue weighted by Gasteiger charge is -2.24. The predicted octanol–water partition coefficient (Wildman–Crippen LogP) is 4.07. The molecule has 0 saturated heterocycles. The molecule has 2 aromatic carbocycles. The first-order valence-electron chi connectivity index (χ1n) is 10.9. The Balaban J connectivity index is 1.74. The quantitative estimate of drug-likeness (QED) is 0.645. The third-order valence-electron chi connectivity index (χ3n) is 5.69. The minimum atomic E-state index is -3.76. The summed E-state index contributed by atoms with van der Waals surface area (Å²) in [6, 6.07) is 16.7. The van der Waals surface area contributed by atoms with Crippen LogP contribution in [0.4, 0.5) is 0 Å². The predicted molar refractivity (Wildman–Crippen MR) is 120 cm³/mol. The van der Waals surface area contributed by atoms with Gasteiger partial charge in [-0.2, -0.15) is 4.31 Å². The number of carbonyl (C=O) groups excluding carboxylic acids is 1. The van der Waals surface area contributed by atoms with Gasteiger partial charge in [-0.05, 0) is 43.9 Å². The van der Waals surface area contributed by atoms with Gasteiger partial charge in [0.2, 0.25) is 15.9 Å². The Hall–Kier alpha value is -2.18. The molecule has 0 atom stereocenters. The molecule has 0 aliphatic heterocycles. The fourth-order valence-corrected chi connectivity index (χ4v) is 5.30. The summed E-state index contributed by atoms with van der Waals surface area (Å²) >= 11 is 0. The van der Waals surface area contributed by atoms with Gasteiger partial charge >= 0.3 is 0 Å². The summed E-state index contributed by atoms with van der Waals surface area (Å²) in [4.78, 5) is 13.0. The average molecular weight is 429 g/mol. The van der Waals surface area contributed by atoms with Crippen LogP contribution in [0.2, 0.25) is 0 Å². The van der Waals surface area contributed by atoms with Crippen LogP contribution in [0.1, 0.15) is 49.7 Å². The number of sulfonamides is 1. The van der Waals surface area contributed by atoms with Gasteiger partial charge in [0.25, 0.3) is 0 Å². The molecule has 6 heteroatoms. The van der Waals surface area contributed by atoms with E-state index in [4.69, 9.17) is 0 Å². The van der Waals surface area contributed by atoms with Crippen molar-refractivity contribution in [2.45, 2.75) is 62.8 Å². The summed E-state index contributed by atoms with van der Waals surface area (Å²) < 4.78 is 27.9. The molecule has 1 fully saturated rings. The van der Waals surface area contributed by atoms with Gasteiger partial charge in [0.1, 0.15) is 0 Å². The third-order valence-corrected chi connectivity index (χ3v) is 7.55. The topological polar surface area (TPSA) is 66.5 Å². The van der Waals surface area contributed by atoms with E-state index in [-0.39, 0.29) is 29.9 Å². The van der Waals surface area contributed by atoms with Gasteiger partial charge in [-0.3, -0.25) is 4.79 Å². The molecule has 1 N–H and O–H groups in total. The van der Waals surface area contributed by atoms with Gasteiger partial charge in [0.15, 0.2) is 0 Å². The summed E-state index contributed by atoms with van der Waals surface area (Å²) in [6.45, 7) is 2.03. The van der Waals surface area contributed by atoms with E-state index in [1.54, 1.807) is 24.3 Å². The van der Waals surface area contributed by atoms with E-state index < -0.39 is 10.0 Å². The largest absolute Gasteiger partial charge is 0.352 e. The van der Waals surface area contributed by atoms with E-state index in [0.717, 1.165) is 36.8 Å². The van der Waals surface area contributed by atoms with Crippen molar-refractivity contribution in [3.05, 3.63) is 65.7 Å². The van der Waals surface area contributed by atoms with Crippen LogP contribution in [0.5, 0.6) is 0 Å². The van der Waals surface area contributed by atoms with E-state index in [1.807, 2.05) is 37.3 Å². The first-order chi connectivity index (χ1) is 14.4. The van der Waals surface area contributed by atoms with Gasteiger partial charge < -0.3 is 5.32 Å². The van der Waals surface area contributed by atoms with Crippen molar-refractivity contribution in [1.29, 1.82) is 0 Å². The normalized spacial score (nSPS) is 15.7. The summed E-state index contributed by atoms with van der Waals surface area (Å²) in [5, 5.41) is 3.08. The van der Waals surface area contributed by atoms with Crippen molar-refractivity contribution in [2.75, 3.05) is 13.1 Å². The Morgan fingerprint density at radius 2 is 1.60 bits per heavy atom. The first kappa shape index (κ1) is 22.5. The van der Waals surface area contributed by atoms with Gasteiger partial charge in [-0.25, -0.2) is 8.42 Å². The molecule has 5 nitrogen and oxygen atoms in total. The van der Waals surface area contributed by atoms with Crippen LogP contribution < -0.4 is 5.32 Å². The number of rotatable bonds is 8. The van der Waals surface area contributed by atoms with Crippen molar-refractivity contribution >= 4 is 15.9 Å². The van der Waals surface area contributed by atoms with Crippen LogP contribution in [0, 0.1) is 6.92 Å². The van der Waals surface area contributed by atoms with Gasteiger partial charge in [-0.15, -0.1) is 0 Å². The van der Waals surface area contributed by atoms with E-state index in [1.165, 1.54) is 17.1 Å². The molecule has 0 unspecified atom stereocenters. The number of hydrogen-bond donors (Lipinski definition) is 1. The SMILES string of the molecule is Cc1ccc(S(=O)(=O)N(CCc2ccccc2)CC(=O)NC2CCCCCC2)cc1. The van der Waals surface area contributed by atoms with E-state index in [2.05, 4.69) is 5.32 Å². The number of amides is 1. The van der Waals surface area contributed by atoms with Crippen LogP contribution in [0.3, 0.4) is 0 Å². The van der Waals surface area contributed by atoms with Gasteiger partial charge in [0, 0.05) is 12.6 Å². The third kappa shape index (κ3) is 6.41. The molecule has 3 rings (SSSR count). The van der Waals surface area contributed by atoms with Crippen LogP contribution >= 0.6 is 0 Å². The molecule has 162 valence electrons. The summed E-state index contributed by atoms with van der Waals surface area (Å²) in [7, 11) is -3.76. The standard InChI is InChI=1S/C24H32N2O3S/c1-20-13-15-23(16-14-20)30(28,29)26(18-17-21-9-5-4-6-10-21)19-24(27)25-22-11-7-2-3-8-12-22/h4-6,9-10,13-16,22H,2-3,7-8,11-12,17-19H2,1H3,(H,25,27). The number of carbonyl (C=O) groups is 1. The number of hydrogen-bond acceptors (Lipinski definition) is 3. The summed E-state index contributed by atoms with van der Waals surface area (Å²) in [5.74, 6) is -0.217. The number of benzene rings is 2. The molecule has 0 radical (unpaired) electrons. The van der Waals surface area contributed by atoms with Gasteiger partial charge in [0.05, 0.1) is 11.4 Å². The zero-order valence-corrected chi connectivity index (χ0v) is 18.5. The Labute approximate surface area is 180 Å². The van der Waals surface area contributed by atoms with Crippen LogP contribution in [0.25, 0.3) is 0 Å². The highest BCUT2D eigenvalue weighted by atomic mass is 32.2. The van der Waals surface area contributed by atoms with Crippen molar-refractivity contribution < 1.29 is 13.2 Å². The molecule has 1 aliphatic rings. The molecule has 2 aromatic rings. The zero-order valence-electron chi connectivity index (χ0n) is 17.7. The lowest BCUT2D eigenvalue weighted by atomic mass is 10.1. The Bertz CT molecular complexity index is 903.